The number of anilines is 2. The molecule has 3 aromatic rings. The summed E-state index contributed by atoms with van der Waals surface area (Å²) in [6.07, 6.45) is 1.77. The van der Waals surface area contributed by atoms with Crippen molar-refractivity contribution in [2.45, 2.75) is 13.5 Å². The lowest BCUT2D eigenvalue weighted by atomic mass is 10.0. The molecule has 2 fully saturated rings. The quantitative estimate of drug-likeness (QED) is 0.264. The van der Waals surface area contributed by atoms with Crippen LogP contribution in [0.25, 0.3) is 11.3 Å². The first-order valence-electron chi connectivity index (χ1n) is 14.2. The fourth-order valence-corrected chi connectivity index (χ4v) is 4.66. The lowest BCUT2D eigenvalue weighted by Crippen LogP contribution is -2.36. The van der Waals surface area contributed by atoms with E-state index in [4.69, 9.17) is 14.2 Å². The van der Waals surface area contributed by atoms with Crippen LogP contribution < -0.4 is 4.90 Å². The van der Waals surface area contributed by atoms with Gasteiger partial charge in [0.05, 0.1) is 44.8 Å². The Morgan fingerprint density at radius 2 is 1.51 bits per heavy atom. The van der Waals surface area contributed by atoms with Crippen molar-refractivity contribution < 1.29 is 37.0 Å². The van der Waals surface area contributed by atoms with E-state index in [0.29, 0.717) is 63.1 Å². The van der Waals surface area contributed by atoms with Crippen LogP contribution in [0.3, 0.4) is 0 Å². The van der Waals surface area contributed by atoms with E-state index in [1.165, 1.54) is 36.9 Å². The molecule has 0 spiro atoms. The Balaban J connectivity index is 1.50. The molecule has 3 heterocycles. The maximum Gasteiger partial charge on any atom is 0.435 e. The zero-order valence-electron chi connectivity index (χ0n) is 24.5. The second-order valence-electron chi connectivity index (χ2n) is 10.2. The lowest BCUT2D eigenvalue weighted by molar-refractivity contribution is 0.0698. The van der Waals surface area contributed by atoms with Crippen molar-refractivity contribution in [2.75, 3.05) is 57.5 Å². The van der Waals surface area contributed by atoms with Crippen LogP contribution in [0.4, 0.5) is 34.3 Å². The van der Waals surface area contributed by atoms with Crippen molar-refractivity contribution >= 4 is 36.3 Å². The summed E-state index contributed by atoms with van der Waals surface area (Å²) < 4.78 is 61.4. The topological polar surface area (TPSA) is 109 Å². The normalized spacial score (nSPS) is 15.6. The van der Waals surface area contributed by atoms with E-state index in [9.17, 15) is 9.59 Å². The van der Waals surface area contributed by atoms with E-state index in [1.54, 1.807) is 17.9 Å². The summed E-state index contributed by atoms with van der Waals surface area (Å²) in [4.78, 5) is 42.3. The number of benzene rings is 2. The maximum absolute atomic E-state index is 15.3. The van der Waals surface area contributed by atoms with Crippen molar-refractivity contribution in [3.63, 3.8) is 0 Å². The highest BCUT2D eigenvalue weighted by Crippen LogP contribution is 2.34. The lowest BCUT2D eigenvalue weighted by Gasteiger charge is -2.25. The second kappa shape index (κ2) is 14.8. The van der Waals surface area contributed by atoms with Crippen LogP contribution in [0.2, 0.25) is 0 Å². The number of nitrogens with zero attached hydrogens (tertiary/aromatic N) is 6. The number of rotatable bonds is 7. The van der Waals surface area contributed by atoms with Crippen LogP contribution in [0.5, 0.6) is 0 Å². The minimum Gasteiger partial charge on any atom is -0.443 e. The van der Waals surface area contributed by atoms with Crippen molar-refractivity contribution in [1.29, 1.82) is 0 Å². The molecular formula is C31H31F3N6O5. The number of aromatic nitrogens is 1. The molecule has 14 heteroatoms. The molecule has 0 aliphatic carbocycles. The van der Waals surface area contributed by atoms with Crippen molar-refractivity contribution in [2.24, 2.45) is 9.98 Å². The number of carbonyl (C=O) groups is 2. The zero-order valence-corrected chi connectivity index (χ0v) is 24.5. The van der Waals surface area contributed by atoms with E-state index < -0.39 is 35.3 Å². The first-order chi connectivity index (χ1) is 21.8. The molecule has 236 valence electrons. The standard InChI is InChI=1S/C31H31F3N6O5/c1-21-5-7-23(26(34)17-21)28-22(18-45-31(42)36-20-39-11-15-44-16-12-39)6-8-27(37-28)40(29-24(32)3-2-4-25(29)33)30(41)35-19-38-9-13-43-14-10-38/h2-8,17,19-20H,9-16,18H2,1H3/b35-19+,36-20+. The number of ether oxygens (including phenoxy) is 3. The maximum atomic E-state index is 15.3. The van der Waals surface area contributed by atoms with Crippen molar-refractivity contribution in [3.8, 4) is 11.3 Å². The molecule has 2 aliphatic rings. The number of urea groups is 1. The number of carbonyl (C=O) groups excluding carboxylic acids is 2. The number of para-hydroxylation sites is 1. The molecule has 11 nitrogen and oxygen atoms in total. The molecule has 2 aromatic carbocycles. The third kappa shape index (κ3) is 8.02. The van der Waals surface area contributed by atoms with Crippen molar-refractivity contribution in [3.05, 3.63) is 77.1 Å². The van der Waals surface area contributed by atoms with Gasteiger partial charge in [-0.2, -0.15) is 9.98 Å². The van der Waals surface area contributed by atoms with E-state index in [1.807, 2.05) is 4.90 Å². The molecule has 3 amide bonds. The summed E-state index contributed by atoms with van der Waals surface area (Å²) in [5.41, 5.74) is 0.196. The van der Waals surface area contributed by atoms with Gasteiger partial charge >= 0.3 is 12.1 Å². The Morgan fingerprint density at radius 1 is 0.889 bits per heavy atom. The summed E-state index contributed by atoms with van der Waals surface area (Å²) in [6.45, 7) is 5.35. The van der Waals surface area contributed by atoms with E-state index in [0.717, 1.165) is 18.2 Å². The number of morpholine rings is 2. The molecule has 0 unspecified atom stereocenters. The molecule has 2 aliphatic heterocycles. The van der Waals surface area contributed by atoms with Gasteiger partial charge in [0.25, 0.3) is 0 Å². The van der Waals surface area contributed by atoms with Gasteiger partial charge in [0.15, 0.2) is 0 Å². The largest absolute Gasteiger partial charge is 0.443 e. The van der Waals surface area contributed by atoms with Crippen LogP contribution >= 0.6 is 0 Å². The predicted octanol–water partition coefficient (Wildman–Crippen LogP) is 5.09. The average Bonchev–Trinajstić information content (AvgIpc) is 3.04. The monoisotopic (exact) mass is 624 g/mol. The van der Waals surface area contributed by atoms with Gasteiger partial charge in [-0.25, -0.2) is 32.6 Å². The Bertz CT molecular complexity index is 1570. The Kier molecular flexibility index (Phi) is 10.4. The molecule has 2 saturated heterocycles. The second-order valence-corrected chi connectivity index (χ2v) is 10.2. The summed E-state index contributed by atoms with van der Waals surface area (Å²) in [7, 11) is 0. The van der Waals surface area contributed by atoms with Gasteiger partial charge in [-0.15, -0.1) is 0 Å². The van der Waals surface area contributed by atoms with Crippen LogP contribution in [0.1, 0.15) is 11.1 Å². The molecule has 0 bridgehead atoms. The molecular weight excluding hydrogens is 593 g/mol. The first-order valence-corrected chi connectivity index (χ1v) is 14.2. The van der Waals surface area contributed by atoms with Gasteiger partial charge in [0.2, 0.25) is 0 Å². The molecule has 1 aromatic heterocycles. The summed E-state index contributed by atoms with van der Waals surface area (Å²) in [5.74, 6) is -2.95. The smallest absolute Gasteiger partial charge is 0.435 e. The fourth-order valence-electron chi connectivity index (χ4n) is 4.66. The van der Waals surface area contributed by atoms with Gasteiger partial charge in [0.1, 0.15) is 35.6 Å². The van der Waals surface area contributed by atoms with Crippen molar-refractivity contribution in [1.82, 2.24) is 14.8 Å². The van der Waals surface area contributed by atoms with Gasteiger partial charge in [-0.3, -0.25) is 0 Å². The number of amides is 3. The Labute approximate surface area is 257 Å². The molecule has 0 N–H and O–H groups in total. The first kappa shape index (κ1) is 31.6. The number of aliphatic imine (C=N–C) groups is 2. The van der Waals surface area contributed by atoms with E-state index >= 15 is 13.2 Å². The fraction of sp³-hybridized carbons (Fsp3) is 0.323. The molecule has 45 heavy (non-hydrogen) atoms. The van der Waals surface area contributed by atoms with Gasteiger partial charge in [-0.1, -0.05) is 12.1 Å². The van der Waals surface area contributed by atoms with E-state index in [2.05, 4.69) is 15.0 Å². The predicted molar refractivity (Wildman–Crippen MR) is 160 cm³/mol. The highest BCUT2D eigenvalue weighted by Gasteiger charge is 2.27. The number of aryl methyl sites for hydroxylation is 1. The van der Waals surface area contributed by atoms with Gasteiger partial charge < -0.3 is 24.0 Å². The Hall–Kier alpha value is -4.82. The summed E-state index contributed by atoms with van der Waals surface area (Å²) in [6, 6.07) is 9.28. The summed E-state index contributed by atoms with van der Waals surface area (Å²) in [5, 5.41) is 0. The number of hydrogen-bond donors (Lipinski definition) is 0. The highest BCUT2D eigenvalue weighted by atomic mass is 19.1. The van der Waals surface area contributed by atoms with Crippen LogP contribution in [-0.2, 0) is 20.8 Å². The number of hydrogen-bond acceptors (Lipinski definition) is 6. The highest BCUT2D eigenvalue weighted by molar-refractivity contribution is 6.02. The third-order valence-corrected chi connectivity index (χ3v) is 7.03. The van der Waals surface area contributed by atoms with Crippen LogP contribution in [0.15, 0.2) is 58.5 Å². The van der Waals surface area contributed by atoms with Crippen LogP contribution in [0, 0.1) is 24.4 Å². The molecule has 0 atom stereocenters. The third-order valence-electron chi connectivity index (χ3n) is 7.03. The van der Waals surface area contributed by atoms with Crippen LogP contribution in [-0.4, -0.2) is 92.2 Å². The van der Waals surface area contributed by atoms with Gasteiger partial charge in [-0.05, 0) is 48.9 Å². The zero-order chi connectivity index (χ0) is 31.8. The van der Waals surface area contributed by atoms with E-state index in [-0.39, 0.29) is 29.2 Å². The molecule has 0 saturated carbocycles. The van der Waals surface area contributed by atoms with Gasteiger partial charge in [0, 0.05) is 37.3 Å². The molecule has 5 rings (SSSR count). The number of pyridine rings is 1. The minimum absolute atomic E-state index is 0.0123. The average molecular weight is 625 g/mol. The summed E-state index contributed by atoms with van der Waals surface area (Å²) >= 11 is 0. The number of halogens is 3. The minimum atomic E-state index is -1.04. The molecule has 0 radical (unpaired) electrons. The Morgan fingerprint density at radius 3 is 2.13 bits per heavy atom. The SMILES string of the molecule is Cc1ccc(-c2nc(N(C(=O)/N=C/N3CCOCC3)c3c(F)cccc3F)ccc2COC(=O)/N=C/N2CCOCC2)c(F)c1.